The number of carbonyl (C=O) groups excluding carboxylic acids is 1. The maximum atomic E-state index is 11.4. The van der Waals surface area contributed by atoms with Crippen LogP contribution >= 0.6 is 0 Å². The zero-order chi connectivity index (χ0) is 9.68. The molecule has 0 aliphatic rings. The monoisotopic (exact) mass is 182 g/mol. The van der Waals surface area contributed by atoms with Crippen molar-refractivity contribution in [1.29, 1.82) is 0 Å². The smallest absolute Gasteiger partial charge is 0.206 e. The summed E-state index contributed by atoms with van der Waals surface area (Å²) in [5.74, 6) is -0.0200. The van der Waals surface area contributed by atoms with Crippen molar-refractivity contribution in [3.8, 4) is 0 Å². The molecule has 0 aromatic carbocycles. The Labute approximate surface area is 77.5 Å². The predicted octanol–water partition coefficient (Wildman–Crippen LogP) is 1.03. The molecule has 0 N–H and O–H groups in total. The van der Waals surface area contributed by atoms with Crippen molar-refractivity contribution in [3.05, 3.63) is 18.0 Å². The van der Waals surface area contributed by atoms with Gasteiger partial charge in [0.15, 0.2) is 0 Å². The van der Waals surface area contributed by atoms with E-state index in [2.05, 4.69) is 5.10 Å². The van der Waals surface area contributed by atoms with Gasteiger partial charge in [0, 0.05) is 19.9 Å². The van der Waals surface area contributed by atoms with E-state index in [-0.39, 0.29) is 12.4 Å². The van der Waals surface area contributed by atoms with Crippen LogP contribution in [0.4, 0.5) is 0 Å². The first-order valence-electron chi connectivity index (χ1n) is 4.34. The Balaban J connectivity index is 2.45. The summed E-state index contributed by atoms with van der Waals surface area (Å²) in [6, 6.07) is 1.69. The summed E-state index contributed by atoms with van der Waals surface area (Å²) >= 11 is 0. The molecule has 0 atom stereocenters. The van der Waals surface area contributed by atoms with E-state index in [0.29, 0.717) is 12.3 Å². The first-order valence-corrected chi connectivity index (χ1v) is 4.34. The van der Waals surface area contributed by atoms with Gasteiger partial charge in [-0.05, 0) is 12.5 Å². The third-order valence-corrected chi connectivity index (χ3v) is 1.69. The van der Waals surface area contributed by atoms with Gasteiger partial charge >= 0.3 is 0 Å². The molecule has 0 saturated heterocycles. The van der Waals surface area contributed by atoms with Gasteiger partial charge in [-0.25, -0.2) is 0 Å². The van der Waals surface area contributed by atoms with Gasteiger partial charge in [-0.15, -0.1) is 0 Å². The Morgan fingerprint density at radius 1 is 1.69 bits per heavy atom. The zero-order valence-corrected chi connectivity index (χ0v) is 7.99. The highest BCUT2D eigenvalue weighted by Crippen LogP contribution is 1.98. The van der Waals surface area contributed by atoms with E-state index < -0.39 is 0 Å². The van der Waals surface area contributed by atoms with Crippen LogP contribution in [-0.2, 0) is 11.8 Å². The fraction of sp³-hybridized carbons (Fsp3) is 0.556. The van der Waals surface area contributed by atoms with Crippen molar-refractivity contribution in [2.75, 3.05) is 13.2 Å². The Morgan fingerprint density at radius 3 is 3.00 bits per heavy atom. The first-order chi connectivity index (χ1) is 6.25. The SMILES string of the molecule is CCCOCC(=O)c1ccnn1C. The number of hydrogen-bond donors (Lipinski definition) is 0. The largest absolute Gasteiger partial charge is 0.373 e. The minimum Gasteiger partial charge on any atom is -0.373 e. The number of aromatic nitrogens is 2. The minimum absolute atomic E-state index is 0.0200. The van der Waals surface area contributed by atoms with Gasteiger partial charge in [0.1, 0.15) is 12.3 Å². The maximum absolute atomic E-state index is 11.4. The van der Waals surface area contributed by atoms with Gasteiger partial charge in [0.25, 0.3) is 0 Å². The van der Waals surface area contributed by atoms with E-state index in [4.69, 9.17) is 4.74 Å². The third kappa shape index (κ3) is 2.66. The topological polar surface area (TPSA) is 44.1 Å². The molecule has 4 nitrogen and oxygen atoms in total. The second kappa shape index (κ2) is 4.77. The lowest BCUT2D eigenvalue weighted by atomic mass is 10.3. The average Bonchev–Trinajstić information content (AvgIpc) is 2.52. The third-order valence-electron chi connectivity index (χ3n) is 1.69. The zero-order valence-electron chi connectivity index (χ0n) is 7.99. The lowest BCUT2D eigenvalue weighted by Crippen LogP contribution is -2.13. The quantitative estimate of drug-likeness (QED) is 0.504. The van der Waals surface area contributed by atoms with E-state index in [1.165, 1.54) is 0 Å². The molecule has 72 valence electrons. The van der Waals surface area contributed by atoms with Crippen molar-refractivity contribution in [2.24, 2.45) is 7.05 Å². The van der Waals surface area contributed by atoms with E-state index >= 15 is 0 Å². The highest BCUT2D eigenvalue weighted by molar-refractivity contribution is 5.95. The Hall–Kier alpha value is -1.16. The molecule has 0 amide bonds. The molecule has 4 heteroatoms. The van der Waals surface area contributed by atoms with Crippen LogP contribution in [0.5, 0.6) is 0 Å². The van der Waals surface area contributed by atoms with Gasteiger partial charge in [-0.3, -0.25) is 9.48 Å². The number of ketones is 1. The van der Waals surface area contributed by atoms with Crippen LogP contribution in [0.15, 0.2) is 12.3 Å². The molecule has 1 aromatic heterocycles. The van der Waals surface area contributed by atoms with Crippen molar-refractivity contribution < 1.29 is 9.53 Å². The molecule has 0 fully saturated rings. The molecule has 0 saturated carbocycles. The number of hydrogen-bond acceptors (Lipinski definition) is 3. The van der Waals surface area contributed by atoms with Gasteiger partial charge in [0.2, 0.25) is 5.78 Å². The minimum atomic E-state index is -0.0200. The van der Waals surface area contributed by atoms with Gasteiger partial charge < -0.3 is 4.74 Å². The Bertz CT molecular complexity index is 281. The fourth-order valence-electron chi connectivity index (χ4n) is 1.03. The highest BCUT2D eigenvalue weighted by Gasteiger charge is 2.08. The summed E-state index contributed by atoms with van der Waals surface area (Å²) in [4.78, 5) is 11.4. The molecular formula is C9H14N2O2. The molecular weight excluding hydrogens is 168 g/mol. The normalized spacial score (nSPS) is 10.3. The number of Topliss-reactive ketones (excluding diaryl/α,β-unsaturated/α-hetero) is 1. The summed E-state index contributed by atoms with van der Waals surface area (Å²) < 4.78 is 6.69. The van der Waals surface area contributed by atoms with Crippen molar-refractivity contribution in [2.45, 2.75) is 13.3 Å². The lowest BCUT2D eigenvalue weighted by Gasteiger charge is -2.01. The van der Waals surface area contributed by atoms with Crippen LogP contribution < -0.4 is 0 Å². The summed E-state index contributed by atoms with van der Waals surface area (Å²) in [7, 11) is 1.74. The van der Waals surface area contributed by atoms with Crippen LogP contribution in [0.25, 0.3) is 0 Å². The molecule has 0 aliphatic heterocycles. The Kier molecular flexibility index (Phi) is 3.64. The van der Waals surface area contributed by atoms with Crippen molar-refractivity contribution in [3.63, 3.8) is 0 Å². The Morgan fingerprint density at radius 2 is 2.46 bits per heavy atom. The molecule has 0 aliphatic carbocycles. The van der Waals surface area contributed by atoms with E-state index in [1.807, 2.05) is 6.92 Å². The molecule has 1 heterocycles. The highest BCUT2D eigenvalue weighted by atomic mass is 16.5. The number of nitrogens with zero attached hydrogens (tertiary/aromatic N) is 2. The van der Waals surface area contributed by atoms with Gasteiger partial charge in [-0.1, -0.05) is 6.92 Å². The average molecular weight is 182 g/mol. The fourth-order valence-corrected chi connectivity index (χ4v) is 1.03. The van der Waals surface area contributed by atoms with Crippen molar-refractivity contribution in [1.82, 2.24) is 9.78 Å². The van der Waals surface area contributed by atoms with Crippen LogP contribution in [0.3, 0.4) is 0 Å². The second-order valence-electron chi connectivity index (χ2n) is 2.82. The van der Waals surface area contributed by atoms with E-state index in [9.17, 15) is 4.79 Å². The van der Waals surface area contributed by atoms with Gasteiger partial charge in [-0.2, -0.15) is 5.10 Å². The van der Waals surface area contributed by atoms with Crippen molar-refractivity contribution >= 4 is 5.78 Å². The van der Waals surface area contributed by atoms with Crippen LogP contribution in [0.1, 0.15) is 23.8 Å². The predicted molar refractivity (Wildman–Crippen MR) is 48.6 cm³/mol. The molecule has 0 spiro atoms. The second-order valence-corrected chi connectivity index (χ2v) is 2.82. The number of rotatable bonds is 5. The number of carbonyl (C=O) groups is 1. The van der Waals surface area contributed by atoms with Crippen LogP contribution in [0, 0.1) is 0 Å². The van der Waals surface area contributed by atoms with Gasteiger partial charge in [0.05, 0.1) is 0 Å². The summed E-state index contributed by atoms with van der Waals surface area (Å²) in [6.45, 7) is 2.78. The molecule has 0 unspecified atom stereocenters. The summed E-state index contributed by atoms with van der Waals surface area (Å²) in [5, 5.41) is 3.91. The lowest BCUT2D eigenvalue weighted by molar-refractivity contribution is 0.0752. The molecule has 13 heavy (non-hydrogen) atoms. The number of ether oxygens (including phenoxy) is 1. The van der Waals surface area contributed by atoms with E-state index in [0.717, 1.165) is 6.42 Å². The first kappa shape index (κ1) is 9.92. The van der Waals surface area contributed by atoms with Crippen LogP contribution in [0.2, 0.25) is 0 Å². The molecule has 0 radical (unpaired) electrons. The molecule has 0 bridgehead atoms. The number of aryl methyl sites for hydroxylation is 1. The summed E-state index contributed by atoms with van der Waals surface area (Å²) in [6.07, 6.45) is 2.53. The van der Waals surface area contributed by atoms with Crippen LogP contribution in [-0.4, -0.2) is 28.8 Å². The van der Waals surface area contributed by atoms with E-state index in [1.54, 1.807) is 24.0 Å². The molecule has 1 aromatic rings. The maximum Gasteiger partial charge on any atom is 0.206 e. The molecule has 1 rings (SSSR count). The standard InChI is InChI=1S/C9H14N2O2/c1-3-6-13-7-9(12)8-4-5-10-11(8)2/h4-5H,3,6-7H2,1-2H3. The summed E-state index contributed by atoms with van der Waals surface area (Å²) in [5.41, 5.74) is 0.594.